The highest BCUT2D eigenvalue weighted by Gasteiger charge is 2.12. The molecule has 0 amide bonds. The normalized spacial score (nSPS) is 15.4. The lowest BCUT2D eigenvalue weighted by atomic mass is 9.88. The lowest BCUT2D eigenvalue weighted by molar-refractivity contribution is 0.378. The number of aryl methyl sites for hydroxylation is 1. The number of hydrogen-bond donors (Lipinski definition) is 1. The van der Waals surface area contributed by atoms with Crippen molar-refractivity contribution in [3.63, 3.8) is 0 Å². The fraction of sp³-hybridized carbons (Fsp3) is 0.571. The van der Waals surface area contributed by atoms with Crippen molar-refractivity contribution in [3.05, 3.63) is 34.9 Å². The predicted molar refractivity (Wildman–Crippen MR) is 64.8 cm³/mol. The highest BCUT2D eigenvalue weighted by Crippen LogP contribution is 2.23. The number of fused-ring (bicyclic) bond motifs is 1. The molecule has 0 saturated heterocycles. The summed E-state index contributed by atoms with van der Waals surface area (Å²) in [6, 6.07) is 6.95. The molecule has 1 aliphatic rings. The van der Waals surface area contributed by atoms with Crippen LogP contribution in [-0.2, 0) is 19.5 Å². The van der Waals surface area contributed by atoms with Crippen LogP contribution in [0, 0.1) is 5.41 Å². The summed E-state index contributed by atoms with van der Waals surface area (Å²) in [6.45, 7) is 9.03. The first-order chi connectivity index (χ1) is 7.04. The van der Waals surface area contributed by atoms with Crippen molar-refractivity contribution in [3.8, 4) is 0 Å². The number of benzene rings is 1. The fourth-order valence-electron chi connectivity index (χ4n) is 2.02. The number of hydrogen-bond acceptors (Lipinski definition) is 1. The van der Waals surface area contributed by atoms with E-state index in [9.17, 15) is 0 Å². The van der Waals surface area contributed by atoms with Crippen LogP contribution in [0.25, 0.3) is 0 Å². The van der Waals surface area contributed by atoms with Gasteiger partial charge in [-0.05, 0) is 34.9 Å². The molecular formula is C14H21N. The summed E-state index contributed by atoms with van der Waals surface area (Å²) < 4.78 is 0. The van der Waals surface area contributed by atoms with Crippen molar-refractivity contribution < 1.29 is 0 Å². The third kappa shape index (κ3) is 2.82. The predicted octanol–water partition coefficient (Wildman–Crippen LogP) is 3.27. The van der Waals surface area contributed by atoms with E-state index < -0.39 is 0 Å². The van der Waals surface area contributed by atoms with Gasteiger partial charge in [0.25, 0.3) is 0 Å². The summed E-state index contributed by atoms with van der Waals surface area (Å²) in [7, 11) is 0. The second kappa shape index (κ2) is 3.97. The topological polar surface area (TPSA) is 12.0 Å². The Kier molecular flexibility index (Phi) is 2.83. The highest BCUT2D eigenvalue weighted by atomic mass is 14.9. The molecule has 1 N–H and O–H groups in total. The van der Waals surface area contributed by atoms with Gasteiger partial charge in [0, 0.05) is 13.1 Å². The zero-order valence-corrected chi connectivity index (χ0v) is 10.1. The van der Waals surface area contributed by atoms with Crippen LogP contribution in [0.1, 0.15) is 43.9 Å². The lowest BCUT2D eigenvalue weighted by Gasteiger charge is -2.17. The molecular weight excluding hydrogens is 182 g/mol. The van der Waals surface area contributed by atoms with Gasteiger partial charge in [-0.1, -0.05) is 39.0 Å². The van der Waals surface area contributed by atoms with Crippen molar-refractivity contribution in [2.75, 3.05) is 0 Å². The SMILES string of the molecule is CC(C)(C)CCc1ccc2c(c1)CNC2. The van der Waals surface area contributed by atoms with Gasteiger partial charge in [0.1, 0.15) is 0 Å². The maximum Gasteiger partial charge on any atom is 0.0212 e. The van der Waals surface area contributed by atoms with Gasteiger partial charge >= 0.3 is 0 Å². The summed E-state index contributed by atoms with van der Waals surface area (Å²) in [6.07, 6.45) is 2.47. The molecule has 0 aliphatic carbocycles. The third-order valence-electron chi connectivity index (χ3n) is 3.07. The molecule has 0 bridgehead atoms. The Morgan fingerprint density at radius 2 is 1.87 bits per heavy atom. The monoisotopic (exact) mass is 203 g/mol. The average Bonchev–Trinajstić information content (AvgIpc) is 2.60. The summed E-state index contributed by atoms with van der Waals surface area (Å²) in [5.41, 5.74) is 4.92. The molecule has 1 aromatic carbocycles. The lowest BCUT2D eigenvalue weighted by Crippen LogP contribution is -2.06. The third-order valence-corrected chi connectivity index (χ3v) is 3.07. The standard InChI is InChI=1S/C14H21N/c1-14(2,3)7-6-11-4-5-12-9-15-10-13(12)8-11/h4-5,8,15H,6-7,9-10H2,1-3H3. The van der Waals surface area contributed by atoms with E-state index in [1.54, 1.807) is 0 Å². The smallest absolute Gasteiger partial charge is 0.0212 e. The van der Waals surface area contributed by atoms with Crippen molar-refractivity contribution >= 4 is 0 Å². The van der Waals surface area contributed by atoms with Crippen molar-refractivity contribution in [2.24, 2.45) is 5.41 Å². The van der Waals surface area contributed by atoms with Crippen LogP contribution in [0.4, 0.5) is 0 Å². The first kappa shape index (κ1) is 10.7. The van der Waals surface area contributed by atoms with Crippen LogP contribution < -0.4 is 5.32 Å². The van der Waals surface area contributed by atoms with E-state index in [1.807, 2.05) is 0 Å². The maximum atomic E-state index is 3.39. The number of nitrogens with one attached hydrogen (secondary N) is 1. The van der Waals surface area contributed by atoms with Gasteiger partial charge in [0.2, 0.25) is 0 Å². The molecule has 0 saturated carbocycles. The maximum absolute atomic E-state index is 3.39. The minimum atomic E-state index is 0.442. The van der Waals surface area contributed by atoms with E-state index in [-0.39, 0.29) is 0 Å². The Hall–Kier alpha value is -0.820. The summed E-state index contributed by atoms with van der Waals surface area (Å²) >= 11 is 0. The van der Waals surface area contributed by atoms with Gasteiger partial charge in [-0.15, -0.1) is 0 Å². The molecule has 0 radical (unpaired) electrons. The average molecular weight is 203 g/mol. The molecule has 1 nitrogen and oxygen atoms in total. The second-order valence-corrected chi connectivity index (χ2v) is 5.77. The molecule has 0 fully saturated rings. The van der Waals surface area contributed by atoms with Gasteiger partial charge in [-0.2, -0.15) is 0 Å². The Balaban J connectivity index is 2.04. The van der Waals surface area contributed by atoms with E-state index >= 15 is 0 Å². The molecule has 82 valence electrons. The first-order valence-corrected chi connectivity index (χ1v) is 5.86. The van der Waals surface area contributed by atoms with E-state index in [4.69, 9.17) is 0 Å². The zero-order valence-electron chi connectivity index (χ0n) is 10.1. The summed E-state index contributed by atoms with van der Waals surface area (Å²) in [4.78, 5) is 0. The minimum Gasteiger partial charge on any atom is -0.309 e. The molecule has 0 unspecified atom stereocenters. The van der Waals surface area contributed by atoms with Crippen LogP contribution in [-0.4, -0.2) is 0 Å². The van der Waals surface area contributed by atoms with Crippen LogP contribution in [0.15, 0.2) is 18.2 Å². The Morgan fingerprint density at radius 3 is 2.60 bits per heavy atom. The molecule has 15 heavy (non-hydrogen) atoms. The molecule has 0 spiro atoms. The highest BCUT2D eigenvalue weighted by molar-refractivity contribution is 5.34. The minimum absolute atomic E-state index is 0.442. The Bertz CT molecular complexity index is 347. The molecule has 2 rings (SSSR count). The molecule has 1 heteroatoms. The molecule has 1 heterocycles. The van der Waals surface area contributed by atoms with Gasteiger partial charge in [-0.3, -0.25) is 0 Å². The largest absolute Gasteiger partial charge is 0.309 e. The number of rotatable bonds is 2. The van der Waals surface area contributed by atoms with Crippen molar-refractivity contribution in [1.29, 1.82) is 0 Å². The van der Waals surface area contributed by atoms with Crippen LogP contribution >= 0.6 is 0 Å². The molecule has 0 atom stereocenters. The van der Waals surface area contributed by atoms with E-state index in [0.29, 0.717) is 5.41 Å². The van der Waals surface area contributed by atoms with Gasteiger partial charge in [0.05, 0.1) is 0 Å². The summed E-state index contributed by atoms with van der Waals surface area (Å²) in [5.74, 6) is 0. The van der Waals surface area contributed by atoms with Crippen LogP contribution in [0.2, 0.25) is 0 Å². The molecule has 1 aromatic rings. The molecule has 1 aliphatic heterocycles. The fourth-order valence-corrected chi connectivity index (χ4v) is 2.02. The van der Waals surface area contributed by atoms with Gasteiger partial charge in [0.15, 0.2) is 0 Å². The van der Waals surface area contributed by atoms with Crippen molar-refractivity contribution in [1.82, 2.24) is 5.32 Å². The van der Waals surface area contributed by atoms with Crippen LogP contribution in [0.5, 0.6) is 0 Å². The summed E-state index contributed by atoms with van der Waals surface area (Å²) in [5, 5.41) is 3.39. The van der Waals surface area contributed by atoms with Crippen LogP contribution in [0.3, 0.4) is 0 Å². The first-order valence-electron chi connectivity index (χ1n) is 5.86. The molecule has 0 aromatic heterocycles. The zero-order chi connectivity index (χ0) is 10.9. The second-order valence-electron chi connectivity index (χ2n) is 5.77. The van der Waals surface area contributed by atoms with E-state index in [2.05, 4.69) is 44.3 Å². The quantitative estimate of drug-likeness (QED) is 0.778. The Labute approximate surface area is 92.9 Å². The van der Waals surface area contributed by atoms with Crippen molar-refractivity contribution in [2.45, 2.75) is 46.7 Å². The van der Waals surface area contributed by atoms with E-state index in [1.165, 1.54) is 29.5 Å². The van der Waals surface area contributed by atoms with Gasteiger partial charge in [-0.25, -0.2) is 0 Å². The Morgan fingerprint density at radius 1 is 1.13 bits per heavy atom. The van der Waals surface area contributed by atoms with Gasteiger partial charge < -0.3 is 5.32 Å². The van der Waals surface area contributed by atoms with E-state index in [0.717, 1.165) is 13.1 Å².